The van der Waals surface area contributed by atoms with Gasteiger partial charge in [-0.25, -0.2) is 4.79 Å². The molecule has 2 aromatic rings. The minimum Gasteiger partial charge on any atom is -0.395 e. The first kappa shape index (κ1) is 24.0. The number of hydrogen-bond donors (Lipinski definition) is 0. The molecule has 164 valence electrons. The van der Waals surface area contributed by atoms with Gasteiger partial charge in [0.1, 0.15) is 11.5 Å². The van der Waals surface area contributed by atoms with Crippen LogP contribution in [-0.2, 0) is 12.8 Å². The highest BCUT2D eigenvalue weighted by molar-refractivity contribution is 5.67. The van der Waals surface area contributed by atoms with Crippen molar-refractivity contribution in [1.29, 1.82) is 0 Å². The van der Waals surface area contributed by atoms with Crippen molar-refractivity contribution >= 4 is 6.16 Å². The molecule has 0 saturated heterocycles. The van der Waals surface area contributed by atoms with Crippen LogP contribution in [0.15, 0.2) is 48.5 Å². The van der Waals surface area contributed by atoms with E-state index >= 15 is 0 Å². The van der Waals surface area contributed by atoms with Crippen LogP contribution in [0.3, 0.4) is 0 Å². The summed E-state index contributed by atoms with van der Waals surface area (Å²) < 4.78 is 10.6. The van der Waals surface area contributed by atoms with Crippen LogP contribution in [-0.4, -0.2) is 6.16 Å². The third kappa shape index (κ3) is 9.96. The zero-order valence-corrected chi connectivity index (χ0v) is 18.8. The van der Waals surface area contributed by atoms with Crippen LogP contribution in [0.1, 0.15) is 89.2 Å². The summed E-state index contributed by atoms with van der Waals surface area (Å²) >= 11 is 0. The fraction of sp³-hybridized carbons (Fsp3) is 0.519. The molecule has 3 heteroatoms. The second kappa shape index (κ2) is 14.7. The molecule has 0 amide bonds. The van der Waals surface area contributed by atoms with Gasteiger partial charge >= 0.3 is 6.16 Å². The third-order valence-corrected chi connectivity index (χ3v) is 5.39. The summed E-state index contributed by atoms with van der Waals surface area (Å²) in [6.07, 6.45) is 14.2. The number of unbranched alkanes of at least 4 members (excludes halogenated alkanes) is 8. The molecule has 0 fully saturated rings. The largest absolute Gasteiger partial charge is 0.519 e. The highest BCUT2D eigenvalue weighted by Gasteiger charge is 2.08. The van der Waals surface area contributed by atoms with Crippen LogP contribution >= 0.6 is 0 Å². The minimum atomic E-state index is -0.700. The van der Waals surface area contributed by atoms with Gasteiger partial charge in [0.15, 0.2) is 0 Å². The minimum absolute atomic E-state index is 0.511. The van der Waals surface area contributed by atoms with E-state index in [2.05, 4.69) is 13.8 Å². The Balaban J connectivity index is 1.69. The van der Waals surface area contributed by atoms with E-state index in [4.69, 9.17) is 9.47 Å². The number of ether oxygens (including phenoxy) is 2. The predicted molar refractivity (Wildman–Crippen MR) is 124 cm³/mol. The van der Waals surface area contributed by atoms with Crippen LogP contribution in [0, 0.1) is 0 Å². The Kier molecular flexibility index (Phi) is 11.7. The average molecular weight is 411 g/mol. The molecule has 0 aromatic heterocycles. The number of benzene rings is 2. The normalized spacial score (nSPS) is 10.7. The molecule has 2 rings (SSSR count). The molecule has 0 atom stereocenters. The average Bonchev–Trinajstić information content (AvgIpc) is 2.76. The lowest BCUT2D eigenvalue weighted by Crippen LogP contribution is -2.13. The number of aryl methyl sites for hydroxylation is 2. The molecule has 0 spiro atoms. The van der Waals surface area contributed by atoms with Gasteiger partial charge in [-0.3, -0.25) is 0 Å². The molecule has 0 radical (unpaired) electrons. The van der Waals surface area contributed by atoms with Gasteiger partial charge in [-0.05, 0) is 61.1 Å². The smallest absolute Gasteiger partial charge is 0.395 e. The third-order valence-electron chi connectivity index (χ3n) is 5.39. The summed E-state index contributed by atoms with van der Waals surface area (Å²) in [5, 5.41) is 0. The van der Waals surface area contributed by atoms with Crippen molar-refractivity contribution < 1.29 is 14.3 Å². The molecule has 3 nitrogen and oxygen atoms in total. The molecule has 2 aromatic carbocycles. The van der Waals surface area contributed by atoms with Crippen molar-refractivity contribution in [1.82, 2.24) is 0 Å². The van der Waals surface area contributed by atoms with Gasteiger partial charge in [0.25, 0.3) is 0 Å². The van der Waals surface area contributed by atoms with Crippen molar-refractivity contribution in [2.24, 2.45) is 0 Å². The van der Waals surface area contributed by atoms with Crippen molar-refractivity contribution in [3.8, 4) is 11.5 Å². The SMILES string of the molecule is CCCCCCCCc1ccc(OC(=O)Oc2ccc(CCCCCC)cc2)cc1. The number of carbonyl (C=O) groups is 1. The Bertz CT molecular complexity index is 704. The first-order chi connectivity index (χ1) is 14.7. The van der Waals surface area contributed by atoms with Gasteiger partial charge in [-0.15, -0.1) is 0 Å². The number of rotatable bonds is 14. The van der Waals surface area contributed by atoms with E-state index in [9.17, 15) is 4.79 Å². The van der Waals surface area contributed by atoms with Gasteiger partial charge in [0.05, 0.1) is 0 Å². The molecule has 0 aliphatic heterocycles. The number of carbonyl (C=O) groups excluding carboxylic acids is 1. The Labute approximate surface area is 182 Å². The Morgan fingerprint density at radius 1 is 0.567 bits per heavy atom. The highest BCUT2D eigenvalue weighted by Crippen LogP contribution is 2.18. The van der Waals surface area contributed by atoms with E-state index in [1.165, 1.54) is 75.3 Å². The van der Waals surface area contributed by atoms with E-state index in [0.717, 1.165) is 12.8 Å². The molecule has 0 unspecified atom stereocenters. The molecule has 0 aliphatic rings. The zero-order chi connectivity index (χ0) is 21.4. The van der Waals surface area contributed by atoms with Crippen molar-refractivity contribution in [3.63, 3.8) is 0 Å². The zero-order valence-electron chi connectivity index (χ0n) is 18.8. The topological polar surface area (TPSA) is 35.5 Å². The molecule has 0 bridgehead atoms. The van der Waals surface area contributed by atoms with Crippen LogP contribution in [0.5, 0.6) is 11.5 Å². The standard InChI is InChI=1S/C27H38O3/c1-3-5-7-9-10-12-14-24-17-21-26(22-18-24)30-27(28)29-25-19-15-23(16-20-25)13-11-8-6-4-2/h15-22H,3-14H2,1-2H3. The van der Waals surface area contributed by atoms with Gasteiger partial charge in [0.2, 0.25) is 0 Å². The molecule has 0 saturated carbocycles. The Hall–Kier alpha value is -2.29. The highest BCUT2D eigenvalue weighted by atomic mass is 16.7. The molecule has 0 aliphatic carbocycles. The maximum atomic E-state index is 12.0. The fourth-order valence-electron chi connectivity index (χ4n) is 3.53. The summed E-state index contributed by atoms with van der Waals surface area (Å²) in [6, 6.07) is 15.4. The summed E-state index contributed by atoms with van der Waals surface area (Å²) in [4.78, 5) is 12.0. The van der Waals surface area contributed by atoms with Crippen molar-refractivity contribution in [2.45, 2.75) is 90.9 Å². The molecule has 0 N–H and O–H groups in total. The predicted octanol–water partition coefficient (Wildman–Crippen LogP) is 8.29. The van der Waals surface area contributed by atoms with Crippen LogP contribution in [0.25, 0.3) is 0 Å². The Morgan fingerprint density at radius 3 is 1.37 bits per heavy atom. The van der Waals surface area contributed by atoms with E-state index in [-0.39, 0.29) is 0 Å². The Morgan fingerprint density at radius 2 is 0.933 bits per heavy atom. The van der Waals surface area contributed by atoms with Gasteiger partial charge in [-0.1, -0.05) is 89.5 Å². The number of hydrogen-bond acceptors (Lipinski definition) is 3. The second-order valence-electron chi connectivity index (χ2n) is 8.07. The van der Waals surface area contributed by atoms with Gasteiger partial charge in [-0.2, -0.15) is 0 Å². The lowest BCUT2D eigenvalue weighted by atomic mass is 10.1. The quantitative estimate of drug-likeness (QED) is 0.178. The van der Waals surface area contributed by atoms with Crippen molar-refractivity contribution in [2.75, 3.05) is 0 Å². The van der Waals surface area contributed by atoms with Crippen LogP contribution in [0.2, 0.25) is 0 Å². The molecular formula is C27H38O3. The van der Waals surface area contributed by atoms with Gasteiger partial charge in [0, 0.05) is 0 Å². The lowest BCUT2D eigenvalue weighted by molar-refractivity contribution is 0.152. The van der Waals surface area contributed by atoms with E-state index in [0.29, 0.717) is 11.5 Å². The van der Waals surface area contributed by atoms with E-state index in [1.807, 2.05) is 48.5 Å². The first-order valence-corrected chi connectivity index (χ1v) is 11.8. The van der Waals surface area contributed by atoms with E-state index in [1.54, 1.807) is 0 Å². The maximum absolute atomic E-state index is 12.0. The van der Waals surface area contributed by atoms with E-state index < -0.39 is 6.16 Å². The molecule has 30 heavy (non-hydrogen) atoms. The van der Waals surface area contributed by atoms with Gasteiger partial charge < -0.3 is 9.47 Å². The first-order valence-electron chi connectivity index (χ1n) is 11.8. The lowest BCUT2D eigenvalue weighted by Gasteiger charge is -2.08. The summed E-state index contributed by atoms with van der Waals surface area (Å²) in [5.41, 5.74) is 2.55. The second-order valence-corrected chi connectivity index (χ2v) is 8.07. The summed E-state index contributed by atoms with van der Waals surface area (Å²) in [5.74, 6) is 1.02. The maximum Gasteiger partial charge on any atom is 0.519 e. The summed E-state index contributed by atoms with van der Waals surface area (Å²) in [6.45, 7) is 4.46. The van der Waals surface area contributed by atoms with Crippen LogP contribution in [0.4, 0.5) is 4.79 Å². The van der Waals surface area contributed by atoms with Crippen molar-refractivity contribution in [3.05, 3.63) is 59.7 Å². The van der Waals surface area contributed by atoms with Crippen LogP contribution < -0.4 is 9.47 Å². The fourth-order valence-corrected chi connectivity index (χ4v) is 3.53. The summed E-state index contributed by atoms with van der Waals surface area (Å²) in [7, 11) is 0. The monoisotopic (exact) mass is 410 g/mol. The molecule has 0 heterocycles. The molecular weight excluding hydrogens is 372 g/mol.